The lowest BCUT2D eigenvalue weighted by Crippen LogP contribution is -2.39. The van der Waals surface area contributed by atoms with Crippen molar-refractivity contribution in [1.29, 1.82) is 0 Å². The van der Waals surface area contributed by atoms with Gasteiger partial charge in [-0.15, -0.1) is 0 Å². The Labute approximate surface area is 167 Å². The van der Waals surface area contributed by atoms with Gasteiger partial charge in [-0.25, -0.2) is 14.5 Å². The standard InChI is InChI=1S/C20H22N8O/c1-12(29)25-14-2-4-15(5-3-14)26-20-22-10-17-16(9-21-19(17)27-20)13-6-7-28-18(8-13)23-11-24-28/h6-11,14-15H,2-5H2,1H3,(H,25,29)(H2,21,22,26,27)/t14-,15+. The zero-order valence-corrected chi connectivity index (χ0v) is 16.1. The fourth-order valence-corrected chi connectivity index (χ4v) is 4.05. The van der Waals surface area contributed by atoms with Gasteiger partial charge in [0.05, 0.1) is 0 Å². The maximum atomic E-state index is 11.2. The number of pyridine rings is 1. The highest BCUT2D eigenvalue weighted by atomic mass is 16.1. The van der Waals surface area contributed by atoms with Gasteiger partial charge in [0.15, 0.2) is 5.65 Å². The number of nitrogens with one attached hydrogen (secondary N) is 3. The predicted octanol–water partition coefficient (Wildman–Crippen LogP) is 2.53. The molecule has 0 bridgehead atoms. The molecule has 4 aromatic rings. The summed E-state index contributed by atoms with van der Waals surface area (Å²) >= 11 is 0. The van der Waals surface area contributed by atoms with Crippen molar-refractivity contribution in [2.24, 2.45) is 0 Å². The van der Waals surface area contributed by atoms with E-state index in [1.807, 2.05) is 30.7 Å². The number of amides is 1. The summed E-state index contributed by atoms with van der Waals surface area (Å²) in [4.78, 5) is 27.9. The normalized spacial score (nSPS) is 19.5. The molecule has 4 heterocycles. The molecular formula is C20H22N8O. The van der Waals surface area contributed by atoms with Crippen molar-refractivity contribution >= 4 is 28.5 Å². The molecule has 0 saturated heterocycles. The van der Waals surface area contributed by atoms with E-state index in [9.17, 15) is 4.79 Å². The summed E-state index contributed by atoms with van der Waals surface area (Å²) in [6, 6.07) is 4.60. The van der Waals surface area contributed by atoms with Crippen LogP contribution in [0.4, 0.5) is 5.95 Å². The molecule has 9 nitrogen and oxygen atoms in total. The summed E-state index contributed by atoms with van der Waals surface area (Å²) < 4.78 is 1.73. The second-order valence-electron chi connectivity index (χ2n) is 7.53. The smallest absolute Gasteiger partial charge is 0.224 e. The summed E-state index contributed by atoms with van der Waals surface area (Å²) in [5.74, 6) is 0.669. The highest BCUT2D eigenvalue weighted by molar-refractivity contribution is 5.93. The van der Waals surface area contributed by atoms with Crippen LogP contribution in [0.25, 0.3) is 27.8 Å². The molecule has 0 aromatic carbocycles. The fraction of sp³-hybridized carbons (Fsp3) is 0.350. The molecule has 1 fully saturated rings. The van der Waals surface area contributed by atoms with Crippen molar-refractivity contribution in [3.8, 4) is 11.1 Å². The van der Waals surface area contributed by atoms with Gasteiger partial charge in [-0.05, 0) is 43.4 Å². The molecule has 5 rings (SSSR count). The molecule has 0 unspecified atom stereocenters. The van der Waals surface area contributed by atoms with Gasteiger partial charge in [0.1, 0.15) is 12.0 Å². The molecule has 0 aliphatic heterocycles. The Kier molecular flexibility index (Phi) is 4.34. The number of rotatable bonds is 4. The van der Waals surface area contributed by atoms with Crippen LogP contribution in [0, 0.1) is 0 Å². The molecule has 1 amide bonds. The van der Waals surface area contributed by atoms with Crippen LogP contribution in [-0.4, -0.2) is 47.5 Å². The number of fused-ring (bicyclic) bond motifs is 2. The first kappa shape index (κ1) is 17.6. The summed E-state index contributed by atoms with van der Waals surface area (Å²) in [7, 11) is 0. The fourth-order valence-electron chi connectivity index (χ4n) is 4.05. The van der Waals surface area contributed by atoms with Crippen LogP contribution < -0.4 is 10.6 Å². The average Bonchev–Trinajstić information content (AvgIpc) is 3.35. The van der Waals surface area contributed by atoms with Crippen molar-refractivity contribution in [3.05, 3.63) is 37.1 Å². The van der Waals surface area contributed by atoms with Crippen molar-refractivity contribution in [3.63, 3.8) is 0 Å². The number of hydrogen-bond acceptors (Lipinski definition) is 6. The number of carbonyl (C=O) groups is 1. The molecule has 0 spiro atoms. The lowest BCUT2D eigenvalue weighted by atomic mass is 9.91. The van der Waals surface area contributed by atoms with Crippen LogP contribution >= 0.6 is 0 Å². The molecule has 1 aliphatic carbocycles. The van der Waals surface area contributed by atoms with Gasteiger partial charge in [0.25, 0.3) is 0 Å². The Balaban J connectivity index is 1.32. The molecule has 1 aliphatic rings. The molecule has 0 atom stereocenters. The first-order valence-corrected chi connectivity index (χ1v) is 9.83. The third-order valence-corrected chi connectivity index (χ3v) is 5.49. The second kappa shape index (κ2) is 7.16. The van der Waals surface area contributed by atoms with E-state index in [-0.39, 0.29) is 11.9 Å². The number of nitrogens with zero attached hydrogens (tertiary/aromatic N) is 5. The largest absolute Gasteiger partial charge is 0.354 e. The van der Waals surface area contributed by atoms with E-state index in [1.54, 1.807) is 17.8 Å². The van der Waals surface area contributed by atoms with Crippen LogP contribution in [0.3, 0.4) is 0 Å². The van der Waals surface area contributed by atoms with E-state index < -0.39 is 0 Å². The lowest BCUT2D eigenvalue weighted by Gasteiger charge is -2.29. The van der Waals surface area contributed by atoms with Gasteiger partial charge in [0.2, 0.25) is 11.9 Å². The SMILES string of the molecule is CC(=O)N[C@H]1CC[C@@H](Nc2ncc3c(-c4ccn5ncnc5c4)c[nH]c3n2)CC1. The van der Waals surface area contributed by atoms with E-state index in [0.29, 0.717) is 12.0 Å². The molecular weight excluding hydrogens is 368 g/mol. The van der Waals surface area contributed by atoms with Crippen LogP contribution in [0.15, 0.2) is 37.1 Å². The molecule has 29 heavy (non-hydrogen) atoms. The van der Waals surface area contributed by atoms with Crippen LogP contribution in [0.2, 0.25) is 0 Å². The van der Waals surface area contributed by atoms with Gasteiger partial charge >= 0.3 is 0 Å². The number of aromatic nitrogens is 6. The van der Waals surface area contributed by atoms with Crippen LogP contribution in [-0.2, 0) is 4.79 Å². The minimum Gasteiger partial charge on any atom is -0.354 e. The Morgan fingerprint density at radius 3 is 2.86 bits per heavy atom. The maximum absolute atomic E-state index is 11.2. The first-order valence-electron chi connectivity index (χ1n) is 9.83. The van der Waals surface area contributed by atoms with Crippen molar-refractivity contribution in [2.45, 2.75) is 44.7 Å². The van der Waals surface area contributed by atoms with Gasteiger partial charge in [-0.3, -0.25) is 4.79 Å². The Bertz CT molecular complexity index is 1170. The van der Waals surface area contributed by atoms with Gasteiger partial charge in [0, 0.05) is 48.5 Å². The van der Waals surface area contributed by atoms with E-state index in [2.05, 4.69) is 35.7 Å². The lowest BCUT2D eigenvalue weighted by molar-refractivity contribution is -0.119. The summed E-state index contributed by atoms with van der Waals surface area (Å²) in [5, 5.41) is 11.5. The number of hydrogen-bond donors (Lipinski definition) is 3. The predicted molar refractivity (Wildman–Crippen MR) is 109 cm³/mol. The van der Waals surface area contributed by atoms with E-state index >= 15 is 0 Å². The number of carbonyl (C=O) groups excluding carboxylic acids is 1. The molecule has 148 valence electrons. The van der Waals surface area contributed by atoms with E-state index in [0.717, 1.165) is 53.5 Å². The minimum absolute atomic E-state index is 0.0425. The monoisotopic (exact) mass is 390 g/mol. The Morgan fingerprint density at radius 2 is 2.03 bits per heavy atom. The highest BCUT2D eigenvalue weighted by Crippen LogP contribution is 2.29. The average molecular weight is 390 g/mol. The van der Waals surface area contributed by atoms with Gasteiger partial charge in [-0.2, -0.15) is 10.1 Å². The van der Waals surface area contributed by atoms with Crippen LogP contribution in [0.5, 0.6) is 0 Å². The third kappa shape index (κ3) is 3.51. The van der Waals surface area contributed by atoms with Gasteiger partial charge in [-0.1, -0.05) is 0 Å². The Hall–Kier alpha value is -3.49. The third-order valence-electron chi connectivity index (χ3n) is 5.49. The summed E-state index contributed by atoms with van der Waals surface area (Å²) in [6.45, 7) is 1.57. The maximum Gasteiger partial charge on any atom is 0.224 e. The summed E-state index contributed by atoms with van der Waals surface area (Å²) in [6.07, 6.45) is 11.1. The highest BCUT2D eigenvalue weighted by Gasteiger charge is 2.22. The molecule has 4 aromatic heterocycles. The van der Waals surface area contributed by atoms with Crippen molar-refractivity contribution in [1.82, 2.24) is 34.9 Å². The minimum atomic E-state index is 0.0425. The quantitative estimate of drug-likeness (QED) is 0.494. The zero-order chi connectivity index (χ0) is 19.8. The Morgan fingerprint density at radius 1 is 1.21 bits per heavy atom. The molecule has 1 saturated carbocycles. The van der Waals surface area contributed by atoms with Crippen LogP contribution in [0.1, 0.15) is 32.6 Å². The van der Waals surface area contributed by atoms with Crippen molar-refractivity contribution in [2.75, 3.05) is 5.32 Å². The summed E-state index contributed by atoms with van der Waals surface area (Å²) in [5.41, 5.74) is 3.67. The van der Waals surface area contributed by atoms with E-state index in [1.165, 1.54) is 0 Å². The first-order chi connectivity index (χ1) is 14.2. The topological polar surface area (TPSA) is 113 Å². The number of H-pyrrole nitrogens is 1. The van der Waals surface area contributed by atoms with Crippen molar-refractivity contribution < 1.29 is 4.79 Å². The molecule has 9 heteroatoms. The molecule has 3 N–H and O–H groups in total. The van der Waals surface area contributed by atoms with E-state index in [4.69, 9.17) is 0 Å². The second-order valence-corrected chi connectivity index (χ2v) is 7.53. The number of anilines is 1. The number of aromatic amines is 1. The zero-order valence-electron chi connectivity index (χ0n) is 16.1. The molecule has 0 radical (unpaired) electrons. The van der Waals surface area contributed by atoms with Gasteiger partial charge < -0.3 is 15.6 Å².